The fourth-order valence-corrected chi connectivity index (χ4v) is 1.89. The second kappa shape index (κ2) is 7.63. The van der Waals surface area contributed by atoms with Crippen LogP contribution in [0.5, 0.6) is 0 Å². The van der Waals surface area contributed by atoms with Crippen molar-refractivity contribution in [1.29, 1.82) is 0 Å². The molecule has 0 aromatic carbocycles. The summed E-state index contributed by atoms with van der Waals surface area (Å²) in [5.74, 6) is -0.373. The van der Waals surface area contributed by atoms with Gasteiger partial charge in [0, 0.05) is 6.08 Å². The Bertz CT molecular complexity index is 306. The molecule has 0 aliphatic heterocycles. The highest BCUT2D eigenvalue weighted by atomic mass is 28.3. The number of hydrogen-bond donors (Lipinski definition) is 0. The van der Waals surface area contributed by atoms with Crippen molar-refractivity contribution in [3.05, 3.63) is 12.7 Å². The predicted octanol–water partition coefficient (Wildman–Crippen LogP) is 4.21. The van der Waals surface area contributed by atoms with Crippen LogP contribution in [0.15, 0.2) is 12.7 Å². The predicted molar refractivity (Wildman–Crippen MR) is 84.1 cm³/mol. The van der Waals surface area contributed by atoms with Gasteiger partial charge in [0.25, 0.3) is 0 Å². The van der Waals surface area contributed by atoms with Crippen LogP contribution in [0.25, 0.3) is 0 Å². The number of carbonyl (C=O) groups is 2. The van der Waals surface area contributed by atoms with E-state index in [0.29, 0.717) is 5.04 Å². The molecule has 0 aliphatic carbocycles. The average Bonchev–Trinajstić information content (AvgIpc) is 2.14. The van der Waals surface area contributed by atoms with Gasteiger partial charge in [-0.1, -0.05) is 40.4 Å². The van der Waals surface area contributed by atoms with Crippen LogP contribution in [0.1, 0.15) is 41.5 Å². The van der Waals surface area contributed by atoms with Gasteiger partial charge < -0.3 is 9.53 Å². The zero-order chi connectivity index (χ0) is 15.9. The van der Waals surface area contributed by atoms with Gasteiger partial charge in [0.1, 0.15) is 11.9 Å². The number of hydrogen-bond acceptors (Lipinski definition) is 3. The molecule has 0 atom stereocenters. The summed E-state index contributed by atoms with van der Waals surface area (Å²) in [6.07, 6.45) is 2.22. The summed E-state index contributed by atoms with van der Waals surface area (Å²) >= 11 is 0. The van der Waals surface area contributed by atoms with Crippen molar-refractivity contribution in [2.24, 2.45) is 0 Å². The van der Waals surface area contributed by atoms with Gasteiger partial charge in [-0.3, -0.25) is 0 Å². The van der Waals surface area contributed by atoms with Crippen LogP contribution >= 0.6 is 0 Å². The summed E-state index contributed by atoms with van der Waals surface area (Å²) in [5.41, 5.74) is -0.398. The normalized spacial score (nSPS) is 12.0. The summed E-state index contributed by atoms with van der Waals surface area (Å²) in [6, 6.07) is 0.788. The molecule has 19 heavy (non-hydrogen) atoms. The number of rotatable bonds is 3. The summed E-state index contributed by atoms with van der Waals surface area (Å²) in [7, 11) is -1.27. The van der Waals surface area contributed by atoms with Crippen molar-refractivity contribution in [3.8, 4) is 0 Å². The number of ether oxygens (including phenoxy) is 1. The molecule has 0 heterocycles. The highest BCUT2D eigenvalue weighted by Crippen LogP contribution is 2.37. The van der Waals surface area contributed by atoms with E-state index in [1.165, 1.54) is 0 Å². The largest absolute Gasteiger partial charge is 0.457 e. The first-order chi connectivity index (χ1) is 8.27. The van der Waals surface area contributed by atoms with E-state index >= 15 is 0 Å². The van der Waals surface area contributed by atoms with E-state index in [1.807, 2.05) is 20.8 Å². The molecule has 0 unspecified atom stereocenters. The van der Waals surface area contributed by atoms with Crippen molar-refractivity contribution in [3.63, 3.8) is 0 Å². The van der Waals surface area contributed by atoms with Crippen molar-refractivity contribution < 1.29 is 14.3 Å². The lowest BCUT2D eigenvalue weighted by atomic mass is 10.2. The molecule has 0 radical (unpaired) electrons. The van der Waals surface area contributed by atoms with E-state index in [4.69, 9.17) is 4.74 Å². The Labute approximate surface area is 119 Å². The first-order valence-corrected chi connectivity index (χ1v) is 9.76. The lowest BCUT2D eigenvalue weighted by Crippen LogP contribution is -2.37. The summed E-state index contributed by atoms with van der Waals surface area (Å²) in [6.45, 7) is 19.9. The monoisotopic (exact) mass is 286 g/mol. The maximum Gasteiger partial charge on any atom is 0.330 e. The average molecular weight is 286 g/mol. The molecule has 0 saturated carbocycles. The molecule has 0 amide bonds. The fraction of sp³-hybridized carbons (Fsp3) is 0.733. The second-order valence-electron chi connectivity index (χ2n) is 7.24. The minimum atomic E-state index is -1.27. The van der Waals surface area contributed by atoms with Gasteiger partial charge in [-0.15, -0.1) is 0 Å². The first kappa shape index (κ1) is 20.4. The molecule has 112 valence electrons. The molecule has 0 aromatic heterocycles. The van der Waals surface area contributed by atoms with Crippen molar-refractivity contribution in [2.75, 3.05) is 0 Å². The number of carbonyl (C=O) groups excluding carboxylic acids is 2. The molecule has 0 spiro atoms. The number of aldehydes is 1. The smallest absolute Gasteiger partial charge is 0.330 e. The van der Waals surface area contributed by atoms with E-state index in [9.17, 15) is 9.59 Å². The van der Waals surface area contributed by atoms with E-state index in [-0.39, 0.29) is 5.97 Å². The summed E-state index contributed by atoms with van der Waals surface area (Å²) < 4.78 is 4.83. The summed E-state index contributed by atoms with van der Waals surface area (Å²) in [4.78, 5) is 20.8. The lowest BCUT2D eigenvalue weighted by molar-refractivity contribution is -0.148. The molecule has 0 aliphatic rings. The third kappa shape index (κ3) is 10.7. The molecule has 0 saturated heterocycles. The van der Waals surface area contributed by atoms with Crippen LogP contribution in [0, 0.1) is 0 Å². The Morgan fingerprint density at radius 2 is 1.58 bits per heavy atom. The van der Waals surface area contributed by atoms with E-state index in [2.05, 4.69) is 40.4 Å². The van der Waals surface area contributed by atoms with Crippen molar-refractivity contribution in [2.45, 2.75) is 71.3 Å². The van der Waals surface area contributed by atoms with Crippen LogP contribution in [0.4, 0.5) is 0 Å². The Balaban J connectivity index is 0. The van der Waals surface area contributed by atoms with Gasteiger partial charge in [0.05, 0.1) is 8.07 Å². The highest BCUT2D eigenvalue weighted by Gasteiger charge is 2.34. The van der Waals surface area contributed by atoms with Crippen molar-refractivity contribution >= 4 is 20.3 Å². The third-order valence-corrected chi connectivity index (χ3v) is 8.45. The Morgan fingerprint density at radius 1 is 1.16 bits per heavy atom. The third-order valence-electron chi connectivity index (χ3n) is 3.20. The molecular formula is C15H30O3Si. The molecule has 0 fully saturated rings. The standard InChI is InChI=1S/C8H18OSi.C7H12O2/c1-8(2,3)10(4,5)7-6-9;1-5-6(8)9-7(2,3)4/h6H,7H2,1-5H3;5H,1H2,2-4H3. The molecule has 0 N–H and O–H groups in total. The van der Waals surface area contributed by atoms with E-state index in [1.54, 1.807) is 0 Å². The second-order valence-corrected chi connectivity index (χ2v) is 12.9. The first-order valence-electron chi connectivity index (χ1n) is 6.56. The van der Waals surface area contributed by atoms with E-state index in [0.717, 1.165) is 18.4 Å². The topological polar surface area (TPSA) is 43.4 Å². The number of esters is 1. The SMILES string of the molecule is C=CC(=O)OC(C)(C)C.CC(C)(C)[Si](C)(C)CC=O. The highest BCUT2D eigenvalue weighted by molar-refractivity contribution is 6.82. The molecule has 3 nitrogen and oxygen atoms in total. The van der Waals surface area contributed by atoms with Gasteiger partial charge in [-0.25, -0.2) is 4.79 Å². The Hall–Kier alpha value is -0.903. The molecule has 0 aromatic rings. The van der Waals surface area contributed by atoms with Gasteiger partial charge in [-0.05, 0) is 31.9 Å². The molecular weight excluding hydrogens is 256 g/mol. The van der Waals surface area contributed by atoms with Gasteiger partial charge in [0.15, 0.2) is 0 Å². The van der Waals surface area contributed by atoms with Crippen LogP contribution < -0.4 is 0 Å². The Kier molecular flexibility index (Phi) is 8.20. The van der Waals surface area contributed by atoms with Gasteiger partial charge in [0.2, 0.25) is 0 Å². The van der Waals surface area contributed by atoms with E-state index < -0.39 is 13.7 Å². The molecule has 0 rings (SSSR count). The van der Waals surface area contributed by atoms with Gasteiger partial charge in [-0.2, -0.15) is 0 Å². The minimum Gasteiger partial charge on any atom is -0.457 e. The van der Waals surface area contributed by atoms with Crippen LogP contribution in [-0.2, 0) is 14.3 Å². The fourth-order valence-electron chi connectivity index (χ4n) is 0.858. The lowest BCUT2D eigenvalue weighted by Gasteiger charge is -2.35. The maximum atomic E-state index is 10.5. The zero-order valence-electron chi connectivity index (χ0n) is 13.8. The zero-order valence-corrected chi connectivity index (χ0v) is 14.8. The van der Waals surface area contributed by atoms with Gasteiger partial charge >= 0.3 is 5.97 Å². The van der Waals surface area contributed by atoms with Crippen LogP contribution in [0.2, 0.25) is 24.2 Å². The minimum absolute atomic E-state index is 0.355. The quantitative estimate of drug-likeness (QED) is 0.338. The van der Waals surface area contributed by atoms with Crippen LogP contribution in [0.3, 0.4) is 0 Å². The molecule has 4 heteroatoms. The molecule has 0 bridgehead atoms. The van der Waals surface area contributed by atoms with Crippen LogP contribution in [-0.4, -0.2) is 25.9 Å². The maximum absolute atomic E-state index is 10.5. The summed E-state index contributed by atoms with van der Waals surface area (Å²) in [5, 5.41) is 0.355. The van der Waals surface area contributed by atoms with Crippen molar-refractivity contribution in [1.82, 2.24) is 0 Å². The Morgan fingerprint density at radius 3 is 1.68 bits per heavy atom.